The van der Waals surface area contributed by atoms with Gasteiger partial charge in [0.15, 0.2) is 0 Å². The lowest BCUT2D eigenvalue weighted by atomic mass is 10.4. The van der Waals surface area contributed by atoms with E-state index in [1.807, 2.05) is 20.8 Å². The van der Waals surface area contributed by atoms with E-state index in [1.54, 1.807) is 18.2 Å². The Kier molecular flexibility index (Phi) is 45.8. The molecule has 0 saturated heterocycles. The van der Waals surface area contributed by atoms with Crippen LogP contribution in [0.3, 0.4) is 0 Å². The molecule has 0 amide bonds. The summed E-state index contributed by atoms with van der Waals surface area (Å²) in [7, 11) is 0. The second-order valence-electron chi connectivity index (χ2n) is 2.31. The van der Waals surface area contributed by atoms with Gasteiger partial charge in [-0.05, 0) is 27.7 Å². The van der Waals surface area contributed by atoms with Crippen molar-refractivity contribution in [3.8, 4) is 0 Å². The minimum atomic E-state index is -0.935. The fourth-order valence-corrected chi connectivity index (χ4v) is 0. The average molecular weight is 212 g/mol. The Labute approximate surface area is 94.3 Å². The maximum absolute atomic E-state index is 9.60. The molecule has 0 aromatic rings. The number of carbonyl (C=O) groups is 1. The molecule has 0 bridgehead atoms. The summed E-state index contributed by atoms with van der Waals surface area (Å²) in [6, 6.07) is 0. The highest BCUT2D eigenvalue weighted by molar-refractivity contribution is 5.84. The molecular weight excluding hydrogens is 188 g/mol. The molecule has 0 aliphatic carbocycles. The van der Waals surface area contributed by atoms with Crippen LogP contribution in [0.1, 0.15) is 27.7 Å². The van der Waals surface area contributed by atoms with Gasteiger partial charge >= 0.3 is 5.97 Å². The van der Waals surface area contributed by atoms with Crippen molar-refractivity contribution in [2.45, 2.75) is 27.7 Å². The van der Waals surface area contributed by atoms with E-state index in [2.05, 4.69) is 26.3 Å². The normalized spacial score (nSPS) is 5.60. The van der Waals surface area contributed by atoms with E-state index < -0.39 is 5.97 Å². The van der Waals surface area contributed by atoms with Gasteiger partial charge in [0, 0.05) is 5.57 Å². The SMILES string of the molecule is C=C(C)C(=O)O.C=CC.C=CC.C=CC. The summed E-state index contributed by atoms with van der Waals surface area (Å²) < 4.78 is 0. The number of allylic oxidation sites excluding steroid dienone is 3. The highest BCUT2D eigenvalue weighted by atomic mass is 16.4. The van der Waals surface area contributed by atoms with Gasteiger partial charge in [0.1, 0.15) is 0 Å². The van der Waals surface area contributed by atoms with Crippen molar-refractivity contribution in [3.05, 3.63) is 50.1 Å². The van der Waals surface area contributed by atoms with E-state index in [1.165, 1.54) is 6.92 Å². The largest absolute Gasteiger partial charge is 0.478 e. The van der Waals surface area contributed by atoms with Gasteiger partial charge in [-0.3, -0.25) is 0 Å². The lowest BCUT2D eigenvalue weighted by Crippen LogP contribution is -1.92. The van der Waals surface area contributed by atoms with Gasteiger partial charge in [-0.15, -0.1) is 19.7 Å². The summed E-state index contributed by atoms with van der Waals surface area (Å²) in [5.41, 5.74) is 0.176. The van der Waals surface area contributed by atoms with Gasteiger partial charge in [-0.2, -0.15) is 0 Å². The Hall–Kier alpha value is -1.57. The van der Waals surface area contributed by atoms with Crippen molar-refractivity contribution in [2.24, 2.45) is 0 Å². The Bertz CT molecular complexity index is 153. The highest BCUT2D eigenvalue weighted by Crippen LogP contribution is 1.81. The lowest BCUT2D eigenvalue weighted by molar-refractivity contribution is -0.132. The van der Waals surface area contributed by atoms with Crippen molar-refractivity contribution in [2.75, 3.05) is 0 Å². The van der Waals surface area contributed by atoms with E-state index in [0.717, 1.165) is 0 Å². The van der Waals surface area contributed by atoms with Crippen LogP contribution >= 0.6 is 0 Å². The molecule has 2 nitrogen and oxygen atoms in total. The molecule has 2 heteroatoms. The van der Waals surface area contributed by atoms with Crippen molar-refractivity contribution in [1.29, 1.82) is 0 Å². The summed E-state index contributed by atoms with van der Waals surface area (Å²) in [4.78, 5) is 9.60. The Balaban J connectivity index is -0.0000000581. The molecule has 15 heavy (non-hydrogen) atoms. The molecule has 0 rings (SSSR count). The molecular formula is C13H24O2. The second kappa shape index (κ2) is 29.4. The summed E-state index contributed by atoms with van der Waals surface area (Å²) >= 11 is 0. The van der Waals surface area contributed by atoms with E-state index in [-0.39, 0.29) is 5.57 Å². The van der Waals surface area contributed by atoms with Crippen LogP contribution in [0.5, 0.6) is 0 Å². The maximum Gasteiger partial charge on any atom is 0.330 e. The molecule has 0 heterocycles. The molecule has 0 fully saturated rings. The molecule has 0 aliphatic rings. The summed E-state index contributed by atoms with van der Waals surface area (Å²) in [6.07, 6.45) is 5.25. The smallest absolute Gasteiger partial charge is 0.330 e. The number of carboxylic acid groups (broad SMARTS) is 1. The fraction of sp³-hybridized carbons (Fsp3) is 0.308. The van der Waals surface area contributed by atoms with Crippen molar-refractivity contribution < 1.29 is 9.90 Å². The molecule has 0 aromatic carbocycles. The average Bonchev–Trinajstić information content (AvgIpc) is 2.07. The lowest BCUT2D eigenvalue weighted by Gasteiger charge is -1.79. The minimum absolute atomic E-state index is 0.176. The van der Waals surface area contributed by atoms with E-state index >= 15 is 0 Å². The monoisotopic (exact) mass is 212 g/mol. The minimum Gasteiger partial charge on any atom is -0.478 e. The Morgan fingerprint density at radius 1 is 1.00 bits per heavy atom. The Morgan fingerprint density at radius 2 is 1.07 bits per heavy atom. The first-order chi connectivity index (χ1) is 6.89. The molecule has 0 aromatic heterocycles. The molecule has 0 atom stereocenters. The number of hydrogen-bond donors (Lipinski definition) is 1. The summed E-state index contributed by atoms with van der Waals surface area (Å²) in [5.74, 6) is -0.935. The number of rotatable bonds is 1. The van der Waals surface area contributed by atoms with Crippen molar-refractivity contribution in [1.82, 2.24) is 0 Å². The van der Waals surface area contributed by atoms with Crippen LogP contribution in [0, 0.1) is 0 Å². The van der Waals surface area contributed by atoms with Gasteiger partial charge in [-0.25, -0.2) is 4.79 Å². The molecule has 0 saturated carbocycles. The first-order valence-corrected chi connectivity index (χ1v) is 4.49. The van der Waals surface area contributed by atoms with Crippen LogP contribution in [0.15, 0.2) is 50.1 Å². The third kappa shape index (κ3) is 229. The van der Waals surface area contributed by atoms with Crippen molar-refractivity contribution >= 4 is 5.97 Å². The quantitative estimate of drug-likeness (QED) is 0.522. The van der Waals surface area contributed by atoms with E-state index in [9.17, 15) is 4.79 Å². The molecule has 88 valence electrons. The molecule has 0 unspecified atom stereocenters. The first kappa shape index (κ1) is 23.3. The standard InChI is InChI=1S/C4H6O2.3C3H6/c1-3(2)4(5)6;3*1-3-2/h1H2,2H3,(H,5,6);3*3H,1H2,2H3. The molecule has 0 aliphatic heterocycles. The third-order valence-electron chi connectivity index (χ3n) is 0.365. The van der Waals surface area contributed by atoms with Crippen LogP contribution in [0.4, 0.5) is 0 Å². The zero-order valence-electron chi connectivity index (χ0n) is 10.4. The maximum atomic E-state index is 9.60. The van der Waals surface area contributed by atoms with Crippen LogP contribution in [0.25, 0.3) is 0 Å². The van der Waals surface area contributed by atoms with Crippen LogP contribution in [-0.4, -0.2) is 11.1 Å². The van der Waals surface area contributed by atoms with Crippen molar-refractivity contribution in [3.63, 3.8) is 0 Å². The van der Waals surface area contributed by atoms with Gasteiger partial charge in [0.25, 0.3) is 0 Å². The predicted octanol–water partition coefficient (Wildman–Crippen LogP) is 4.22. The number of aliphatic carboxylic acids is 1. The van der Waals surface area contributed by atoms with Gasteiger partial charge in [0.2, 0.25) is 0 Å². The molecule has 0 spiro atoms. The topological polar surface area (TPSA) is 37.3 Å². The van der Waals surface area contributed by atoms with Crippen LogP contribution < -0.4 is 0 Å². The zero-order valence-corrected chi connectivity index (χ0v) is 10.4. The third-order valence-corrected chi connectivity index (χ3v) is 0.365. The van der Waals surface area contributed by atoms with E-state index in [0.29, 0.717) is 0 Å². The molecule has 1 N–H and O–H groups in total. The zero-order chi connectivity index (χ0) is 13.3. The Morgan fingerprint density at radius 3 is 1.07 bits per heavy atom. The molecule has 0 radical (unpaired) electrons. The first-order valence-electron chi connectivity index (χ1n) is 4.49. The van der Waals surface area contributed by atoms with Crippen LogP contribution in [-0.2, 0) is 4.79 Å². The van der Waals surface area contributed by atoms with Crippen LogP contribution in [0.2, 0.25) is 0 Å². The highest BCUT2D eigenvalue weighted by Gasteiger charge is 1.90. The number of carboxylic acids is 1. The van der Waals surface area contributed by atoms with E-state index in [4.69, 9.17) is 5.11 Å². The van der Waals surface area contributed by atoms with Gasteiger partial charge in [0.05, 0.1) is 0 Å². The summed E-state index contributed by atoms with van der Waals surface area (Å²) in [5, 5.41) is 7.89. The van der Waals surface area contributed by atoms with Gasteiger partial charge in [-0.1, -0.05) is 24.8 Å². The fourth-order valence-electron chi connectivity index (χ4n) is 0. The number of hydrogen-bond acceptors (Lipinski definition) is 1. The predicted molar refractivity (Wildman–Crippen MR) is 70.1 cm³/mol. The second-order valence-corrected chi connectivity index (χ2v) is 2.31. The summed E-state index contributed by atoms with van der Waals surface area (Å²) in [6.45, 7) is 20.4. The van der Waals surface area contributed by atoms with Gasteiger partial charge < -0.3 is 5.11 Å².